The molecule has 8 heteroatoms. The Morgan fingerprint density at radius 1 is 1.03 bits per heavy atom. The van der Waals surface area contributed by atoms with Crippen molar-refractivity contribution in [1.29, 1.82) is 0 Å². The fourth-order valence-electron chi connectivity index (χ4n) is 3.40. The third kappa shape index (κ3) is 7.33. The molecular formula is C23H28Cl2N4O2. The van der Waals surface area contributed by atoms with Gasteiger partial charge in [-0.1, -0.05) is 53.5 Å². The quantitative estimate of drug-likeness (QED) is 0.666. The molecule has 2 aromatic carbocycles. The van der Waals surface area contributed by atoms with E-state index in [2.05, 4.69) is 16.1 Å². The third-order valence-corrected chi connectivity index (χ3v) is 5.79. The molecule has 0 radical (unpaired) electrons. The van der Waals surface area contributed by atoms with Crippen molar-refractivity contribution in [3.8, 4) is 0 Å². The summed E-state index contributed by atoms with van der Waals surface area (Å²) < 4.78 is 10.3. The van der Waals surface area contributed by atoms with Gasteiger partial charge >= 0.3 is 0 Å². The molecule has 31 heavy (non-hydrogen) atoms. The van der Waals surface area contributed by atoms with E-state index in [1.54, 1.807) is 0 Å². The maximum atomic E-state index is 6.09. The highest BCUT2D eigenvalue weighted by molar-refractivity contribution is 6.31. The summed E-state index contributed by atoms with van der Waals surface area (Å²) in [6, 6.07) is 16.5. The van der Waals surface area contributed by atoms with Crippen LogP contribution in [-0.4, -0.2) is 36.8 Å². The van der Waals surface area contributed by atoms with Crippen molar-refractivity contribution < 1.29 is 9.47 Å². The number of nitrogens with two attached hydrogens (primary N) is 2. The molecule has 2 aromatic rings. The Kier molecular flexibility index (Phi) is 8.04. The van der Waals surface area contributed by atoms with E-state index in [-0.39, 0.29) is 11.6 Å². The van der Waals surface area contributed by atoms with Crippen molar-refractivity contribution in [2.45, 2.75) is 44.2 Å². The highest BCUT2D eigenvalue weighted by Crippen LogP contribution is 2.25. The predicted octanol–water partition coefficient (Wildman–Crippen LogP) is 4.36. The predicted molar refractivity (Wildman–Crippen MR) is 127 cm³/mol. The van der Waals surface area contributed by atoms with Gasteiger partial charge in [0, 0.05) is 10.0 Å². The number of ether oxygens (including phenoxy) is 2. The standard InChI is InChI=1S/C12H15ClN2O.C11H13ClN2O/c1-12(8-16-11(14)15-12)7-6-9-4-2-3-5-10(9)13;12-9-3-1-2-8(6-9)4-5-10-7-15-11(13)14-10/h2-5H,6-8H2,1H3,(H2,14,15);1-3,6,10H,4-5,7H2,(H2,13,14)/t12-;10-/m00/s1. The number of nitrogens with zero attached hydrogens (tertiary/aromatic N) is 2. The molecule has 2 atom stereocenters. The van der Waals surface area contributed by atoms with Gasteiger partial charge in [0.1, 0.15) is 13.2 Å². The molecule has 0 saturated heterocycles. The summed E-state index contributed by atoms with van der Waals surface area (Å²) >= 11 is 12.0. The fraction of sp³-hybridized carbons (Fsp3) is 0.391. The van der Waals surface area contributed by atoms with Crippen LogP contribution in [0.15, 0.2) is 58.5 Å². The second-order valence-electron chi connectivity index (χ2n) is 7.93. The molecule has 2 aliphatic rings. The lowest BCUT2D eigenvalue weighted by molar-refractivity contribution is 0.255. The normalized spacial score (nSPS) is 22.0. The summed E-state index contributed by atoms with van der Waals surface area (Å²) in [6.45, 7) is 3.21. The SMILES string of the molecule is C[C@]1(CCc2ccccc2Cl)COC(N)=N1.NC1=N[C@@H](CCc2cccc(Cl)c2)CO1. The molecular weight excluding hydrogens is 435 g/mol. The smallest absolute Gasteiger partial charge is 0.282 e. The average Bonchev–Trinajstić information content (AvgIpc) is 3.31. The lowest BCUT2D eigenvalue weighted by atomic mass is 9.95. The lowest BCUT2D eigenvalue weighted by Crippen LogP contribution is -2.24. The van der Waals surface area contributed by atoms with Gasteiger partial charge in [-0.3, -0.25) is 0 Å². The third-order valence-electron chi connectivity index (χ3n) is 5.19. The van der Waals surface area contributed by atoms with E-state index in [4.69, 9.17) is 44.1 Å². The number of aliphatic imine (C=N–C) groups is 2. The minimum Gasteiger partial charge on any atom is -0.463 e. The minimum absolute atomic E-state index is 0.198. The maximum absolute atomic E-state index is 6.09. The van der Waals surface area contributed by atoms with Crippen LogP contribution in [0.25, 0.3) is 0 Å². The van der Waals surface area contributed by atoms with E-state index in [1.807, 2.05) is 49.4 Å². The van der Waals surface area contributed by atoms with E-state index in [1.165, 1.54) is 5.56 Å². The van der Waals surface area contributed by atoms with Crippen LogP contribution in [0, 0.1) is 0 Å². The Morgan fingerprint density at radius 2 is 1.84 bits per heavy atom. The van der Waals surface area contributed by atoms with E-state index in [0.717, 1.165) is 41.3 Å². The summed E-state index contributed by atoms with van der Waals surface area (Å²) in [6.07, 6.45) is 3.67. The molecule has 0 unspecified atom stereocenters. The van der Waals surface area contributed by atoms with Gasteiger partial charge in [0.25, 0.3) is 12.0 Å². The van der Waals surface area contributed by atoms with Crippen LogP contribution in [-0.2, 0) is 22.3 Å². The zero-order valence-electron chi connectivity index (χ0n) is 17.6. The average molecular weight is 463 g/mol. The van der Waals surface area contributed by atoms with Gasteiger partial charge in [-0.2, -0.15) is 0 Å². The number of aryl methyl sites for hydroxylation is 2. The van der Waals surface area contributed by atoms with Crippen LogP contribution in [0.2, 0.25) is 10.0 Å². The molecule has 166 valence electrons. The molecule has 0 fully saturated rings. The Morgan fingerprint density at radius 3 is 2.48 bits per heavy atom. The first-order valence-electron chi connectivity index (χ1n) is 10.2. The molecule has 0 aromatic heterocycles. The van der Waals surface area contributed by atoms with Gasteiger partial charge in [-0.25, -0.2) is 9.98 Å². The zero-order valence-corrected chi connectivity index (χ0v) is 19.1. The fourth-order valence-corrected chi connectivity index (χ4v) is 3.85. The molecule has 2 heterocycles. The van der Waals surface area contributed by atoms with Gasteiger partial charge in [0.15, 0.2) is 0 Å². The van der Waals surface area contributed by atoms with Crippen molar-refractivity contribution in [3.05, 3.63) is 69.7 Å². The molecule has 4 rings (SSSR count). The second-order valence-corrected chi connectivity index (χ2v) is 8.77. The number of rotatable bonds is 6. The van der Waals surface area contributed by atoms with Crippen LogP contribution in [0.5, 0.6) is 0 Å². The van der Waals surface area contributed by atoms with Crippen molar-refractivity contribution >= 4 is 35.2 Å². The molecule has 0 bridgehead atoms. The van der Waals surface area contributed by atoms with Gasteiger partial charge in [0.2, 0.25) is 0 Å². The molecule has 0 amide bonds. The number of amidine groups is 2. The minimum atomic E-state index is -0.205. The molecule has 0 saturated carbocycles. The first kappa shape index (κ1) is 23.2. The molecule has 6 nitrogen and oxygen atoms in total. The van der Waals surface area contributed by atoms with Crippen LogP contribution >= 0.6 is 23.2 Å². The lowest BCUT2D eigenvalue weighted by Gasteiger charge is -2.17. The summed E-state index contributed by atoms with van der Waals surface area (Å²) in [5.41, 5.74) is 13.1. The van der Waals surface area contributed by atoms with E-state index >= 15 is 0 Å². The Labute approximate surface area is 193 Å². The van der Waals surface area contributed by atoms with Gasteiger partial charge < -0.3 is 20.9 Å². The van der Waals surface area contributed by atoms with E-state index in [0.29, 0.717) is 25.3 Å². The number of hydrogen-bond acceptors (Lipinski definition) is 6. The highest BCUT2D eigenvalue weighted by Gasteiger charge is 2.30. The molecule has 2 aliphatic heterocycles. The topological polar surface area (TPSA) is 95.2 Å². The van der Waals surface area contributed by atoms with Crippen LogP contribution in [0.1, 0.15) is 30.9 Å². The second kappa shape index (κ2) is 10.7. The number of benzene rings is 2. The Balaban J connectivity index is 0.000000176. The van der Waals surface area contributed by atoms with Crippen LogP contribution < -0.4 is 11.5 Å². The summed E-state index contributed by atoms with van der Waals surface area (Å²) in [7, 11) is 0. The molecule has 0 aliphatic carbocycles. The Bertz CT molecular complexity index is 951. The first-order chi connectivity index (χ1) is 14.8. The van der Waals surface area contributed by atoms with Crippen molar-refractivity contribution in [1.82, 2.24) is 0 Å². The molecule has 0 spiro atoms. The summed E-state index contributed by atoms with van der Waals surface area (Å²) in [4.78, 5) is 8.46. The highest BCUT2D eigenvalue weighted by atomic mass is 35.5. The van der Waals surface area contributed by atoms with Gasteiger partial charge in [-0.05, 0) is 61.9 Å². The zero-order chi connectivity index (χ0) is 22.3. The van der Waals surface area contributed by atoms with Crippen LogP contribution in [0.3, 0.4) is 0 Å². The maximum Gasteiger partial charge on any atom is 0.282 e. The van der Waals surface area contributed by atoms with Crippen molar-refractivity contribution in [3.63, 3.8) is 0 Å². The van der Waals surface area contributed by atoms with E-state index in [9.17, 15) is 0 Å². The first-order valence-corrected chi connectivity index (χ1v) is 11.0. The van der Waals surface area contributed by atoms with Crippen LogP contribution in [0.4, 0.5) is 0 Å². The van der Waals surface area contributed by atoms with Crippen molar-refractivity contribution in [2.75, 3.05) is 13.2 Å². The summed E-state index contributed by atoms with van der Waals surface area (Å²) in [5, 5.41) is 1.58. The number of hydrogen-bond donors (Lipinski definition) is 2. The monoisotopic (exact) mass is 462 g/mol. The Hall–Kier alpha value is -2.44. The van der Waals surface area contributed by atoms with E-state index < -0.39 is 0 Å². The van der Waals surface area contributed by atoms with Gasteiger partial charge in [-0.15, -0.1) is 0 Å². The van der Waals surface area contributed by atoms with Crippen molar-refractivity contribution in [2.24, 2.45) is 21.5 Å². The largest absolute Gasteiger partial charge is 0.463 e. The number of halogens is 2. The summed E-state index contributed by atoms with van der Waals surface area (Å²) in [5.74, 6) is 0. The molecule has 4 N–H and O–H groups in total. The van der Waals surface area contributed by atoms with Gasteiger partial charge in [0.05, 0.1) is 11.6 Å².